The van der Waals surface area contributed by atoms with Gasteiger partial charge in [-0.2, -0.15) is 0 Å². The van der Waals surface area contributed by atoms with Crippen molar-refractivity contribution in [3.63, 3.8) is 0 Å². The summed E-state index contributed by atoms with van der Waals surface area (Å²) in [5.74, 6) is 1.37. The van der Waals surface area contributed by atoms with Crippen LogP contribution in [0.3, 0.4) is 0 Å². The van der Waals surface area contributed by atoms with Gasteiger partial charge in [0.25, 0.3) is 0 Å². The van der Waals surface area contributed by atoms with Gasteiger partial charge in [0, 0.05) is 25.8 Å². The highest BCUT2D eigenvalue weighted by atomic mass is 16.1. The maximum Gasteiger partial charge on any atom is 0.225 e. The molecule has 1 saturated heterocycles. The molecule has 1 atom stereocenters. The molecule has 0 radical (unpaired) electrons. The van der Waals surface area contributed by atoms with Gasteiger partial charge in [0.2, 0.25) is 5.91 Å². The summed E-state index contributed by atoms with van der Waals surface area (Å²) >= 11 is 0. The Hall–Kier alpha value is -3.74. The highest BCUT2D eigenvalue weighted by Gasteiger charge is 2.28. The van der Waals surface area contributed by atoms with Crippen molar-refractivity contribution in [2.75, 3.05) is 18.0 Å². The van der Waals surface area contributed by atoms with E-state index < -0.39 is 0 Å². The standard InChI is InChI=1S/C28H32N6O/c1-19(2)22-10-8-21(9-11-22)15-29-28(35)23-5-4-14-33(16-23)27-25-17-34(32-26(25)30-18-31-27)24-12-6-20(3)7-13-24/h6-13,17-19,23H,4-5,14-16H2,1-3H3,(H,29,35)/t23-/m0/s1. The lowest BCUT2D eigenvalue weighted by atomic mass is 9.96. The van der Waals surface area contributed by atoms with Crippen molar-refractivity contribution in [3.05, 3.63) is 77.7 Å². The van der Waals surface area contributed by atoms with Gasteiger partial charge in [-0.25, -0.2) is 14.6 Å². The summed E-state index contributed by atoms with van der Waals surface area (Å²) in [4.78, 5) is 24.2. The zero-order chi connectivity index (χ0) is 24.4. The Balaban J connectivity index is 1.29. The first kappa shape index (κ1) is 23.0. The average molecular weight is 469 g/mol. The quantitative estimate of drug-likeness (QED) is 0.441. The predicted molar refractivity (Wildman–Crippen MR) is 139 cm³/mol. The monoisotopic (exact) mass is 468 g/mol. The number of anilines is 1. The fraction of sp³-hybridized carbons (Fsp3) is 0.357. The van der Waals surface area contributed by atoms with E-state index in [9.17, 15) is 4.79 Å². The minimum Gasteiger partial charge on any atom is -0.355 e. The summed E-state index contributed by atoms with van der Waals surface area (Å²) in [6.45, 7) is 8.49. The Labute approximate surface area is 206 Å². The van der Waals surface area contributed by atoms with Crippen LogP contribution in [0, 0.1) is 12.8 Å². The molecule has 4 aromatic rings. The minimum absolute atomic E-state index is 0.0733. The Bertz CT molecular complexity index is 1310. The number of rotatable bonds is 6. The van der Waals surface area contributed by atoms with Crippen LogP contribution >= 0.6 is 0 Å². The van der Waals surface area contributed by atoms with E-state index in [1.165, 1.54) is 11.1 Å². The third-order valence-electron chi connectivity index (χ3n) is 6.80. The lowest BCUT2D eigenvalue weighted by molar-refractivity contribution is -0.125. The second kappa shape index (κ2) is 9.86. The average Bonchev–Trinajstić information content (AvgIpc) is 3.32. The molecule has 1 amide bonds. The minimum atomic E-state index is -0.0733. The fourth-order valence-corrected chi connectivity index (χ4v) is 4.64. The molecule has 35 heavy (non-hydrogen) atoms. The molecule has 7 nitrogen and oxygen atoms in total. The maximum atomic E-state index is 13.0. The maximum absolute atomic E-state index is 13.0. The molecule has 2 aromatic carbocycles. The summed E-state index contributed by atoms with van der Waals surface area (Å²) < 4.78 is 1.85. The van der Waals surface area contributed by atoms with E-state index >= 15 is 0 Å². The Kier molecular flexibility index (Phi) is 6.49. The van der Waals surface area contributed by atoms with Gasteiger partial charge in [-0.3, -0.25) is 4.79 Å². The van der Waals surface area contributed by atoms with Crippen molar-refractivity contribution in [1.29, 1.82) is 0 Å². The van der Waals surface area contributed by atoms with Gasteiger partial charge < -0.3 is 10.2 Å². The highest BCUT2D eigenvalue weighted by molar-refractivity contribution is 5.87. The van der Waals surface area contributed by atoms with Crippen LogP contribution in [0.25, 0.3) is 16.7 Å². The van der Waals surface area contributed by atoms with Gasteiger partial charge in [0.1, 0.15) is 12.1 Å². The number of amides is 1. The van der Waals surface area contributed by atoms with Crippen molar-refractivity contribution in [2.24, 2.45) is 5.92 Å². The molecule has 0 bridgehead atoms. The van der Waals surface area contributed by atoms with Gasteiger partial charge in [-0.05, 0) is 48.9 Å². The molecule has 3 heterocycles. The van der Waals surface area contributed by atoms with Crippen LogP contribution < -0.4 is 10.2 Å². The lowest BCUT2D eigenvalue weighted by Gasteiger charge is -2.33. The van der Waals surface area contributed by atoms with Crippen LogP contribution in [-0.4, -0.2) is 38.7 Å². The normalized spacial score (nSPS) is 16.1. The van der Waals surface area contributed by atoms with E-state index in [1.54, 1.807) is 6.33 Å². The fourth-order valence-electron chi connectivity index (χ4n) is 4.64. The smallest absolute Gasteiger partial charge is 0.225 e. The summed E-state index contributed by atoms with van der Waals surface area (Å²) in [5.41, 5.74) is 5.28. The first-order valence-electron chi connectivity index (χ1n) is 12.4. The van der Waals surface area contributed by atoms with Crippen LogP contribution in [0.2, 0.25) is 0 Å². The number of aromatic nitrogens is 4. The number of piperidine rings is 1. The summed E-state index contributed by atoms with van der Waals surface area (Å²) in [6, 6.07) is 16.7. The number of benzene rings is 2. The Morgan fingerprint density at radius 3 is 2.60 bits per heavy atom. The van der Waals surface area contributed by atoms with Crippen LogP contribution in [0.15, 0.2) is 61.1 Å². The van der Waals surface area contributed by atoms with Gasteiger partial charge >= 0.3 is 0 Å². The van der Waals surface area contributed by atoms with E-state index in [0.717, 1.165) is 41.8 Å². The van der Waals surface area contributed by atoms with E-state index in [0.29, 0.717) is 24.7 Å². The van der Waals surface area contributed by atoms with Gasteiger partial charge in [0.05, 0.1) is 17.0 Å². The van der Waals surface area contributed by atoms with E-state index in [2.05, 4.69) is 82.5 Å². The molecule has 0 saturated carbocycles. The number of fused-ring (bicyclic) bond motifs is 1. The second-order valence-electron chi connectivity index (χ2n) is 9.74. The summed E-state index contributed by atoms with van der Waals surface area (Å²) in [7, 11) is 0. The molecule has 1 N–H and O–H groups in total. The molecule has 1 aliphatic rings. The molecule has 1 fully saturated rings. The van der Waals surface area contributed by atoms with Crippen LogP contribution in [-0.2, 0) is 11.3 Å². The SMILES string of the molecule is Cc1ccc(-n2cc3c(N4CCC[C@H](C(=O)NCc5ccc(C(C)C)cc5)C4)ncnc3n2)cc1. The second-order valence-corrected chi connectivity index (χ2v) is 9.74. The van der Waals surface area contributed by atoms with Crippen LogP contribution in [0.5, 0.6) is 0 Å². The molecule has 1 aliphatic heterocycles. The van der Waals surface area contributed by atoms with Crippen LogP contribution in [0.1, 0.15) is 49.3 Å². The number of hydrogen-bond acceptors (Lipinski definition) is 5. The number of hydrogen-bond donors (Lipinski definition) is 1. The van der Waals surface area contributed by atoms with E-state index in [4.69, 9.17) is 0 Å². The molecular weight excluding hydrogens is 436 g/mol. The van der Waals surface area contributed by atoms with E-state index in [1.807, 2.05) is 23.0 Å². The Morgan fingerprint density at radius 1 is 1.09 bits per heavy atom. The number of aryl methyl sites for hydroxylation is 1. The molecule has 180 valence electrons. The molecule has 7 heteroatoms. The molecule has 0 unspecified atom stereocenters. The van der Waals surface area contributed by atoms with E-state index in [-0.39, 0.29) is 11.8 Å². The Morgan fingerprint density at radius 2 is 1.86 bits per heavy atom. The summed E-state index contributed by atoms with van der Waals surface area (Å²) in [6.07, 6.45) is 5.37. The molecule has 5 rings (SSSR count). The third-order valence-corrected chi connectivity index (χ3v) is 6.80. The molecule has 0 aliphatic carbocycles. The van der Waals surface area contributed by atoms with Crippen molar-refractivity contribution < 1.29 is 4.79 Å². The first-order chi connectivity index (χ1) is 17.0. The van der Waals surface area contributed by atoms with Gasteiger partial charge in [0.15, 0.2) is 5.65 Å². The lowest BCUT2D eigenvalue weighted by Crippen LogP contribution is -2.43. The van der Waals surface area contributed by atoms with Crippen molar-refractivity contribution in [3.8, 4) is 5.69 Å². The highest BCUT2D eigenvalue weighted by Crippen LogP contribution is 2.28. The van der Waals surface area contributed by atoms with Gasteiger partial charge in [-0.1, -0.05) is 55.8 Å². The molecular formula is C28H32N6O. The summed E-state index contributed by atoms with van der Waals surface area (Å²) in [5, 5.41) is 8.71. The number of nitrogens with zero attached hydrogens (tertiary/aromatic N) is 5. The zero-order valence-electron chi connectivity index (χ0n) is 20.6. The molecule has 2 aromatic heterocycles. The van der Waals surface area contributed by atoms with Crippen molar-refractivity contribution in [2.45, 2.75) is 46.1 Å². The van der Waals surface area contributed by atoms with Crippen molar-refractivity contribution >= 4 is 22.8 Å². The van der Waals surface area contributed by atoms with Crippen LogP contribution in [0.4, 0.5) is 5.82 Å². The number of carbonyl (C=O) groups excluding carboxylic acids is 1. The topological polar surface area (TPSA) is 75.9 Å². The third kappa shape index (κ3) is 5.04. The predicted octanol–water partition coefficient (Wildman–Crippen LogP) is 4.78. The van der Waals surface area contributed by atoms with Crippen molar-refractivity contribution in [1.82, 2.24) is 25.1 Å². The zero-order valence-corrected chi connectivity index (χ0v) is 20.6. The number of carbonyl (C=O) groups is 1. The largest absolute Gasteiger partial charge is 0.355 e. The number of nitrogens with one attached hydrogen (secondary N) is 1. The first-order valence-corrected chi connectivity index (χ1v) is 12.4. The van der Waals surface area contributed by atoms with Gasteiger partial charge in [-0.15, -0.1) is 5.10 Å². The molecule has 0 spiro atoms.